The van der Waals surface area contributed by atoms with Gasteiger partial charge in [-0.05, 0) is 192 Å². The van der Waals surface area contributed by atoms with E-state index in [1.165, 1.54) is 21.3 Å². The van der Waals surface area contributed by atoms with Crippen molar-refractivity contribution in [2.75, 3.05) is 109 Å². The van der Waals surface area contributed by atoms with Gasteiger partial charge in [0.05, 0.1) is 69.0 Å². The lowest BCUT2D eigenvalue weighted by molar-refractivity contribution is -0.161. The fraction of sp³-hybridized carbons (Fsp3) is 0.708. The number of piperidine rings is 4. The minimum Gasteiger partial charge on any atom is -0.493 e. The molecule has 0 aromatic heterocycles. The minimum atomic E-state index is -2.93. The standard InChI is InChI=1S/4C24H38N2O4/c4*1-14(2)9-17-13-26-8-7-16-10-21(28-5)22(29-6)11-18(16)19(26)12-20(17)30-24(27)23(25)15(3)4/h4*10-11,14-15,17,19-20,23H,7-9,12-13,25H2,1-6H3/t17-,19-,20-,23+;3*17-,19-,20-,23-/m1000/s1/i5D3;2*1D3,5D3,9D2,14D;1D3,9D2,14D/tm;3*14?,17-,19-,20-,23-. The second-order valence-electron chi connectivity index (χ2n) is 34.8. The van der Waals surface area contributed by atoms with Crippen LogP contribution in [0.4, 0.5) is 0 Å². The summed E-state index contributed by atoms with van der Waals surface area (Å²) in [6, 6.07) is 9.75. The van der Waals surface area contributed by atoms with Crippen LogP contribution in [0.1, 0.15) is 267 Å². The van der Waals surface area contributed by atoms with E-state index in [1.807, 2.05) is 41.8 Å². The maximum Gasteiger partial charge on any atom is 0.323 e. The SMILES string of the molecule is [2H]C([2H])([2H])C([2H])(C)C([2H])([2H])[C@H]1CN2CCc3cc(OC)c(OC)cc3[C@@H]2C[C@@H]1OC(=O)[C@@H](N)C(C)C.[2H]C([2H])([2H])Oc1cc2c(cc1OC)[C@@H]1C[C@H](OC(=O)[C@@H](N)C(C)C)[C@@H](C([2H])([2H])C([2H])(C)C([2H])([2H])[2H])CN1CC2.[2H]C([2H])([2H])Oc1cc2c(cc1OC)[C@@H]1C[C@H](OC(=O)[C@@H](N)C(C)C)[C@@H](C([2H])([2H])C([2H])(C)C([2H])([2H])[2H])CN1CC2.[2H]C([2H])([2H])Oc1cc2c(cc1OC)[C@H]1C[C@@H](OC(=O)[C@@H](N)C(C)C)[C@H](CC(C)C)CN1CC2. The van der Waals surface area contributed by atoms with Gasteiger partial charge in [-0.2, -0.15) is 0 Å². The zero-order valence-electron chi connectivity index (χ0n) is 100. The van der Waals surface area contributed by atoms with E-state index in [-0.39, 0.29) is 133 Å². The fourth-order valence-electron chi connectivity index (χ4n) is 17.8. The number of rotatable bonds is 28. The molecule has 4 aromatic rings. The van der Waals surface area contributed by atoms with Crippen LogP contribution in [0, 0.1) is 70.9 Å². The molecule has 120 heavy (non-hydrogen) atoms. The lowest BCUT2D eigenvalue weighted by Gasteiger charge is -2.47. The average molecular weight is 1700 g/mol. The molecule has 0 amide bonds. The summed E-state index contributed by atoms with van der Waals surface area (Å²) >= 11 is 0. The van der Waals surface area contributed by atoms with Crippen LogP contribution < -0.4 is 60.8 Å². The number of methoxy groups -OCH3 is 8. The van der Waals surface area contributed by atoms with Crippen molar-refractivity contribution in [2.24, 2.45) is 93.9 Å². The van der Waals surface area contributed by atoms with E-state index in [0.717, 1.165) is 91.2 Å². The van der Waals surface area contributed by atoms with Crippen LogP contribution in [0.5, 0.6) is 46.0 Å². The Morgan fingerprint density at radius 1 is 0.358 bits per heavy atom. The summed E-state index contributed by atoms with van der Waals surface area (Å²) in [5.41, 5.74) is 31.5. The number of nitrogens with two attached hydrogens (primary N) is 4. The Balaban J connectivity index is 0.000000218. The molecule has 8 N–H and O–H groups in total. The lowest BCUT2D eigenvalue weighted by atomic mass is 9.79. The normalized spacial score (nSPS) is 30.7. The van der Waals surface area contributed by atoms with Crippen LogP contribution in [0.3, 0.4) is 0 Å². The Labute approximate surface area is 756 Å². The van der Waals surface area contributed by atoms with E-state index in [9.17, 15) is 19.2 Å². The molecule has 8 aliphatic heterocycles. The smallest absolute Gasteiger partial charge is 0.323 e. The van der Waals surface area contributed by atoms with Crippen molar-refractivity contribution in [3.63, 3.8) is 0 Å². The number of ether oxygens (including phenoxy) is 12. The number of nitrogens with zero attached hydrogens (tertiary/aromatic N) is 4. The molecule has 4 aromatic carbocycles. The first-order valence-electron chi connectivity index (χ1n) is 55.6. The molecule has 4 saturated heterocycles. The predicted octanol–water partition coefficient (Wildman–Crippen LogP) is 14.3. The molecule has 0 bridgehead atoms. The first-order valence-corrected chi connectivity index (χ1v) is 42.1. The van der Waals surface area contributed by atoms with E-state index < -0.39 is 157 Å². The Bertz CT molecular complexity index is 5010. The Morgan fingerprint density at radius 3 is 0.783 bits per heavy atom. The number of benzene rings is 4. The summed E-state index contributed by atoms with van der Waals surface area (Å²) in [5, 5.41) is 0. The highest BCUT2D eigenvalue weighted by Crippen LogP contribution is 2.50. The quantitative estimate of drug-likeness (QED) is 0.0303. The number of hydrogen-bond donors (Lipinski definition) is 4. The van der Waals surface area contributed by atoms with Gasteiger partial charge in [-0.3, -0.25) is 38.8 Å². The maximum absolute atomic E-state index is 12.9. The molecule has 0 radical (unpaired) electrons. The van der Waals surface area contributed by atoms with Crippen molar-refractivity contribution in [3.8, 4) is 46.0 Å². The number of hydrogen-bond acceptors (Lipinski definition) is 24. The number of carbonyl (C=O) groups is 4. The van der Waals surface area contributed by atoms with Crippen molar-refractivity contribution < 1.29 is 113 Å². The third-order valence-electron chi connectivity index (χ3n) is 24.6. The number of fused-ring (bicyclic) bond motifs is 12. The van der Waals surface area contributed by atoms with Crippen LogP contribution in [0.25, 0.3) is 0 Å². The van der Waals surface area contributed by atoms with E-state index in [4.69, 9.17) is 117 Å². The molecule has 4 fully saturated rings. The van der Waals surface area contributed by atoms with Crippen molar-refractivity contribution >= 4 is 23.9 Å². The van der Waals surface area contributed by atoms with Crippen LogP contribution >= 0.6 is 0 Å². The molecular formula is C96H152N8O16. The largest absolute Gasteiger partial charge is 0.493 e. The molecule has 24 heteroatoms. The van der Waals surface area contributed by atoms with Crippen molar-refractivity contribution in [2.45, 2.75) is 260 Å². The monoisotopic (exact) mass is 1700 g/mol. The van der Waals surface area contributed by atoms with Gasteiger partial charge in [0.25, 0.3) is 0 Å². The summed E-state index contributed by atoms with van der Waals surface area (Å²) in [5.74, 6) is -10.7. The fourth-order valence-corrected chi connectivity index (χ4v) is 17.8. The minimum absolute atomic E-state index is 0.0115. The summed E-state index contributed by atoms with van der Waals surface area (Å²) in [4.78, 5) is 59.9. The van der Waals surface area contributed by atoms with Gasteiger partial charge in [0.15, 0.2) is 46.0 Å². The molecule has 672 valence electrons. The lowest BCUT2D eigenvalue weighted by Crippen LogP contribution is -2.51. The van der Waals surface area contributed by atoms with E-state index in [0.29, 0.717) is 68.5 Å². The van der Waals surface area contributed by atoms with Gasteiger partial charge in [-0.1, -0.05) is 111 Å². The molecule has 8 aliphatic rings. The Hall–Kier alpha value is -7.16. The summed E-state index contributed by atoms with van der Waals surface area (Å²) in [7, 11) is -0.486. The highest BCUT2D eigenvalue weighted by Gasteiger charge is 2.47. The van der Waals surface area contributed by atoms with E-state index in [1.54, 1.807) is 86.1 Å². The third kappa shape index (κ3) is 23.8. The highest BCUT2D eigenvalue weighted by molar-refractivity contribution is 5.77. The number of carbonyl (C=O) groups excluding carboxylic acids is 4. The first kappa shape index (κ1) is 64.6. The van der Waals surface area contributed by atoms with Gasteiger partial charge in [-0.15, -0.1) is 0 Å². The van der Waals surface area contributed by atoms with Crippen molar-refractivity contribution in [1.29, 1.82) is 0 Å². The van der Waals surface area contributed by atoms with Crippen molar-refractivity contribution in [3.05, 3.63) is 93.0 Å². The third-order valence-corrected chi connectivity index (χ3v) is 24.6. The zero-order valence-corrected chi connectivity index (χ0v) is 73.4. The maximum atomic E-state index is 12.9. The number of esters is 4. The van der Waals surface area contributed by atoms with Gasteiger partial charge in [0.1, 0.15) is 48.6 Å². The second kappa shape index (κ2) is 43.9. The summed E-state index contributed by atoms with van der Waals surface area (Å²) < 4.78 is 283. The summed E-state index contributed by atoms with van der Waals surface area (Å²) in [6.45, 7) is 16.7. The van der Waals surface area contributed by atoms with Gasteiger partial charge in [0, 0.05) is 151 Å². The van der Waals surface area contributed by atoms with Crippen LogP contribution in [0.15, 0.2) is 48.5 Å². The first-order chi connectivity index (χ1) is 67.4. The zero-order chi connectivity index (χ0) is 111. The topological polar surface area (TPSA) is 296 Å². The Kier molecular flexibility index (Phi) is 23.6. The molecule has 8 heterocycles. The molecule has 0 aliphatic carbocycles. The molecule has 19 atom stereocenters. The predicted molar refractivity (Wildman–Crippen MR) is 471 cm³/mol. The van der Waals surface area contributed by atoms with Crippen LogP contribution in [0.2, 0.25) is 0 Å². The van der Waals surface area contributed by atoms with Gasteiger partial charge >= 0.3 is 23.9 Å². The van der Waals surface area contributed by atoms with Gasteiger partial charge in [-0.25, -0.2) is 0 Å². The van der Waals surface area contributed by atoms with Crippen molar-refractivity contribution in [1.82, 2.24) is 19.6 Å². The summed E-state index contributed by atoms with van der Waals surface area (Å²) in [6.07, 6.45) is -6.37. The van der Waals surface area contributed by atoms with Crippen LogP contribution in [-0.4, -0.2) is 201 Å². The molecule has 12 rings (SSSR count). The second-order valence-corrected chi connectivity index (χ2v) is 34.8. The van der Waals surface area contributed by atoms with Crippen LogP contribution in [-0.2, 0) is 63.8 Å². The van der Waals surface area contributed by atoms with Gasteiger partial charge < -0.3 is 79.8 Å². The van der Waals surface area contributed by atoms with E-state index >= 15 is 0 Å². The molecule has 24 nitrogen and oxygen atoms in total. The molecular weight excluding hydrogens is 1520 g/mol. The molecule has 0 saturated carbocycles. The highest BCUT2D eigenvalue weighted by atomic mass is 16.6. The molecule has 3 unspecified atom stereocenters. The average Bonchev–Trinajstić information content (AvgIpc) is 0.735. The van der Waals surface area contributed by atoms with E-state index in [2.05, 4.69) is 23.6 Å². The molecule has 0 spiro atoms. The van der Waals surface area contributed by atoms with Gasteiger partial charge in [0.2, 0.25) is 0 Å². The Morgan fingerprint density at radius 2 is 0.575 bits per heavy atom.